The summed E-state index contributed by atoms with van der Waals surface area (Å²) in [6.07, 6.45) is 3.69. The number of nitrogens with one attached hydrogen (secondary N) is 1. The summed E-state index contributed by atoms with van der Waals surface area (Å²) in [5.74, 6) is 0.450. The number of aromatic nitrogens is 3. The summed E-state index contributed by atoms with van der Waals surface area (Å²) in [6, 6.07) is 2.36. The Labute approximate surface area is 106 Å². The van der Waals surface area contributed by atoms with Crippen LogP contribution in [0.1, 0.15) is 36.5 Å². The summed E-state index contributed by atoms with van der Waals surface area (Å²) in [6.45, 7) is 5.28. The van der Waals surface area contributed by atoms with Gasteiger partial charge in [0, 0.05) is 43.3 Å². The predicted molar refractivity (Wildman–Crippen MR) is 70.2 cm³/mol. The van der Waals surface area contributed by atoms with Crippen molar-refractivity contribution in [2.75, 3.05) is 6.54 Å². The lowest BCUT2D eigenvalue weighted by atomic mass is 10.1. The van der Waals surface area contributed by atoms with Crippen molar-refractivity contribution in [2.45, 2.75) is 25.8 Å². The van der Waals surface area contributed by atoms with Gasteiger partial charge >= 0.3 is 0 Å². The Morgan fingerprint density at radius 2 is 2.24 bits per heavy atom. The van der Waals surface area contributed by atoms with Crippen LogP contribution in [0.3, 0.4) is 0 Å². The van der Waals surface area contributed by atoms with E-state index >= 15 is 0 Å². The zero-order valence-electron chi connectivity index (χ0n) is 10.4. The molecule has 0 radical (unpaired) electrons. The first kappa shape index (κ1) is 12.3. The molecule has 0 aromatic carbocycles. The van der Waals surface area contributed by atoms with Gasteiger partial charge in [-0.25, -0.2) is 4.98 Å². The van der Waals surface area contributed by atoms with E-state index in [9.17, 15) is 0 Å². The summed E-state index contributed by atoms with van der Waals surface area (Å²) < 4.78 is 1.91. The highest BCUT2D eigenvalue weighted by molar-refractivity contribution is 7.09. The Morgan fingerprint density at radius 3 is 2.82 bits per heavy atom. The highest BCUT2D eigenvalue weighted by atomic mass is 32.1. The summed E-state index contributed by atoms with van der Waals surface area (Å²) in [4.78, 5) is 4.34. The summed E-state index contributed by atoms with van der Waals surface area (Å²) in [7, 11) is 1.97. The van der Waals surface area contributed by atoms with Crippen LogP contribution in [-0.2, 0) is 7.05 Å². The van der Waals surface area contributed by atoms with Gasteiger partial charge in [-0.2, -0.15) is 5.10 Å². The third-order valence-electron chi connectivity index (χ3n) is 2.91. The predicted octanol–water partition coefficient (Wildman–Crippen LogP) is 2.33. The molecule has 0 aliphatic rings. The molecular weight excluding hydrogens is 232 g/mol. The smallest absolute Gasteiger partial charge is 0.0965 e. The molecule has 17 heavy (non-hydrogen) atoms. The molecule has 2 aromatic rings. The lowest BCUT2D eigenvalue weighted by molar-refractivity contribution is 0.505. The maximum Gasteiger partial charge on any atom is 0.0965 e. The van der Waals surface area contributed by atoms with E-state index in [0.29, 0.717) is 12.0 Å². The Bertz CT molecular complexity index is 449. The van der Waals surface area contributed by atoms with Crippen molar-refractivity contribution < 1.29 is 0 Å². The van der Waals surface area contributed by atoms with Gasteiger partial charge < -0.3 is 5.32 Å². The second-order valence-corrected chi connectivity index (χ2v) is 5.21. The number of hydrogen-bond acceptors (Lipinski definition) is 4. The zero-order chi connectivity index (χ0) is 12.3. The number of hydrogen-bond donors (Lipinski definition) is 1. The highest BCUT2D eigenvalue weighted by Crippen LogP contribution is 2.18. The van der Waals surface area contributed by atoms with Crippen LogP contribution < -0.4 is 5.32 Å². The van der Waals surface area contributed by atoms with E-state index in [0.717, 1.165) is 6.54 Å². The molecule has 0 amide bonds. The van der Waals surface area contributed by atoms with Crippen molar-refractivity contribution in [3.63, 3.8) is 0 Å². The van der Waals surface area contributed by atoms with Gasteiger partial charge in [0.2, 0.25) is 0 Å². The molecule has 92 valence electrons. The van der Waals surface area contributed by atoms with Crippen LogP contribution in [0.25, 0.3) is 0 Å². The van der Waals surface area contributed by atoms with Gasteiger partial charge in [0.15, 0.2) is 0 Å². The average Bonchev–Trinajstić information content (AvgIpc) is 2.95. The molecule has 2 heterocycles. The molecule has 2 rings (SSSR count). The fourth-order valence-corrected chi connectivity index (χ4v) is 2.53. The van der Waals surface area contributed by atoms with Crippen LogP contribution >= 0.6 is 11.3 Å². The number of thiazole rings is 1. The first-order valence-electron chi connectivity index (χ1n) is 5.79. The molecule has 0 aliphatic heterocycles. The van der Waals surface area contributed by atoms with E-state index in [1.807, 2.05) is 35.6 Å². The van der Waals surface area contributed by atoms with E-state index in [1.165, 1.54) is 10.7 Å². The largest absolute Gasteiger partial charge is 0.308 e. The Balaban J connectivity index is 1.88. The van der Waals surface area contributed by atoms with Crippen LogP contribution in [-0.4, -0.2) is 21.3 Å². The Kier molecular flexibility index (Phi) is 3.91. The average molecular weight is 250 g/mol. The molecule has 0 bridgehead atoms. The first-order valence-corrected chi connectivity index (χ1v) is 6.67. The number of nitrogens with zero attached hydrogens (tertiary/aromatic N) is 3. The molecular formula is C12H18N4S. The standard InChI is InChI=1S/C12H18N4S/c1-9(12-13-6-7-17-12)8-14-10(2)11-4-5-15-16(11)3/h4-7,9-10,14H,8H2,1-3H3. The van der Waals surface area contributed by atoms with Crippen LogP contribution in [0.4, 0.5) is 0 Å². The van der Waals surface area contributed by atoms with Crippen LogP contribution in [0.15, 0.2) is 23.8 Å². The minimum absolute atomic E-state index is 0.310. The molecule has 0 saturated heterocycles. The van der Waals surface area contributed by atoms with Crippen molar-refractivity contribution in [1.29, 1.82) is 0 Å². The van der Waals surface area contributed by atoms with Crippen molar-refractivity contribution in [2.24, 2.45) is 7.05 Å². The van der Waals surface area contributed by atoms with Crippen molar-refractivity contribution in [3.05, 3.63) is 34.5 Å². The molecule has 1 N–H and O–H groups in total. The monoisotopic (exact) mass is 250 g/mol. The maximum atomic E-state index is 4.34. The van der Waals surface area contributed by atoms with Crippen LogP contribution in [0.5, 0.6) is 0 Å². The minimum atomic E-state index is 0.310. The summed E-state index contributed by atoms with van der Waals surface area (Å²) in [5, 5.41) is 10.9. The van der Waals surface area contributed by atoms with Gasteiger partial charge in [-0.1, -0.05) is 6.92 Å². The van der Waals surface area contributed by atoms with Crippen molar-refractivity contribution in [3.8, 4) is 0 Å². The second kappa shape index (κ2) is 5.42. The zero-order valence-corrected chi connectivity index (χ0v) is 11.2. The van der Waals surface area contributed by atoms with Gasteiger partial charge in [-0.15, -0.1) is 11.3 Å². The highest BCUT2D eigenvalue weighted by Gasteiger charge is 2.12. The van der Waals surface area contributed by atoms with E-state index in [2.05, 4.69) is 29.2 Å². The maximum absolute atomic E-state index is 4.34. The molecule has 4 nitrogen and oxygen atoms in total. The van der Waals surface area contributed by atoms with Gasteiger partial charge in [0.1, 0.15) is 0 Å². The minimum Gasteiger partial charge on any atom is -0.308 e. The lowest BCUT2D eigenvalue weighted by Crippen LogP contribution is -2.25. The first-order chi connectivity index (χ1) is 8.18. The van der Waals surface area contributed by atoms with E-state index in [1.54, 1.807) is 11.3 Å². The molecule has 0 fully saturated rings. The molecule has 0 saturated carbocycles. The van der Waals surface area contributed by atoms with Gasteiger partial charge in [0.05, 0.1) is 10.7 Å². The van der Waals surface area contributed by atoms with E-state index in [-0.39, 0.29) is 0 Å². The molecule has 0 spiro atoms. The third kappa shape index (κ3) is 2.92. The van der Waals surface area contributed by atoms with Gasteiger partial charge in [-0.3, -0.25) is 4.68 Å². The van der Waals surface area contributed by atoms with Gasteiger partial charge in [-0.05, 0) is 13.0 Å². The topological polar surface area (TPSA) is 42.7 Å². The molecule has 0 aliphatic carbocycles. The fraction of sp³-hybridized carbons (Fsp3) is 0.500. The van der Waals surface area contributed by atoms with E-state index in [4.69, 9.17) is 0 Å². The van der Waals surface area contributed by atoms with Crippen molar-refractivity contribution >= 4 is 11.3 Å². The number of aryl methyl sites for hydroxylation is 1. The Morgan fingerprint density at radius 1 is 1.41 bits per heavy atom. The summed E-state index contributed by atoms with van der Waals surface area (Å²) >= 11 is 1.71. The molecule has 2 unspecified atom stereocenters. The Hall–Kier alpha value is -1.20. The fourth-order valence-electron chi connectivity index (χ4n) is 1.83. The SMILES string of the molecule is CC(CNC(C)c1ccnn1C)c1nccs1. The van der Waals surface area contributed by atoms with Crippen molar-refractivity contribution in [1.82, 2.24) is 20.1 Å². The quantitative estimate of drug-likeness (QED) is 0.885. The second-order valence-electron chi connectivity index (χ2n) is 4.28. The van der Waals surface area contributed by atoms with Crippen LogP contribution in [0.2, 0.25) is 0 Å². The molecule has 2 atom stereocenters. The van der Waals surface area contributed by atoms with E-state index < -0.39 is 0 Å². The normalized spacial score (nSPS) is 14.8. The van der Waals surface area contributed by atoms with Crippen LogP contribution in [0, 0.1) is 0 Å². The third-order valence-corrected chi connectivity index (χ3v) is 3.91. The van der Waals surface area contributed by atoms with Gasteiger partial charge in [0.25, 0.3) is 0 Å². The number of rotatable bonds is 5. The summed E-state index contributed by atoms with van der Waals surface area (Å²) in [5.41, 5.74) is 1.20. The molecule has 2 aromatic heterocycles. The lowest BCUT2D eigenvalue weighted by Gasteiger charge is -2.16. The molecule has 5 heteroatoms.